The van der Waals surface area contributed by atoms with Crippen LogP contribution in [0, 0.1) is 6.92 Å². The lowest BCUT2D eigenvalue weighted by Crippen LogP contribution is -2.23. The van der Waals surface area contributed by atoms with Crippen molar-refractivity contribution in [2.24, 2.45) is 0 Å². The molecule has 0 spiro atoms. The second kappa shape index (κ2) is 7.36. The number of hydrogen-bond acceptors (Lipinski definition) is 5. The number of carboxylic acids is 1. The molecular weight excluding hydrogens is 316 g/mol. The van der Waals surface area contributed by atoms with Crippen molar-refractivity contribution in [2.45, 2.75) is 46.2 Å². The van der Waals surface area contributed by atoms with Crippen LogP contribution in [0.3, 0.4) is 0 Å². The van der Waals surface area contributed by atoms with Crippen molar-refractivity contribution in [3.05, 3.63) is 33.5 Å². The number of hydrogen-bond donors (Lipinski definition) is 2. The monoisotopic (exact) mass is 336 g/mol. The molecule has 2 heterocycles. The Balaban J connectivity index is 2.03. The van der Waals surface area contributed by atoms with Crippen LogP contribution in [-0.2, 0) is 6.54 Å². The molecule has 0 saturated carbocycles. The van der Waals surface area contributed by atoms with E-state index in [4.69, 9.17) is 5.11 Å². The van der Waals surface area contributed by atoms with Gasteiger partial charge in [-0.05, 0) is 25.8 Å². The van der Waals surface area contributed by atoms with Gasteiger partial charge in [0, 0.05) is 11.1 Å². The second-order valence-electron chi connectivity index (χ2n) is 5.20. The van der Waals surface area contributed by atoms with Crippen LogP contribution in [-0.4, -0.2) is 31.7 Å². The van der Waals surface area contributed by atoms with E-state index in [2.05, 4.69) is 29.2 Å². The van der Waals surface area contributed by atoms with E-state index >= 15 is 0 Å². The number of carbonyl (C=O) groups excluding carboxylic acids is 1. The summed E-state index contributed by atoms with van der Waals surface area (Å²) < 4.78 is 1.89. The minimum Gasteiger partial charge on any atom is -0.476 e. The van der Waals surface area contributed by atoms with Crippen LogP contribution in [0.1, 0.15) is 64.4 Å². The van der Waals surface area contributed by atoms with E-state index in [-0.39, 0.29) is 24.2 Å². The van der Waals surface area contributed by atoms with Crippen molar-refractivity contribution >= 4 is 23.2 Å². The average Bonchev–Trinajstić information content (AvgIpc) is 3.14. The highest BCUT2D eigenvalue weighted by Gasteiger charge is 2.17. The van der Waals surface area contributed by atoms with E-state index in [1.807, 2.05) is 11.6 Å². The number of carboxylic acid groups (broad SMARTS) is 1. The molecule has 2 aromatic heterocycles. The Morgan fingerprint density at radius 3 is 2.61 bits per heavy atom. The maximum Gasteiger partial charge on any atom is 0.355 e. The van der Waals surface area contributed by atoms with Crippen molar-refractivity contribution in [1.82, 2.24) is 20.1 Å². The third-order valence-corrected chi connectivity index (χ3v) is 4.46. The number of rotatable bonds is 7. The fraction of sp³-hybridized carbons (Fsp3) is 0.467. The number of aromatic carboxylic acids is 1. The Morgan fingerprint density at radius 2 is 2.04 bits per heavy atom. The Bertz CT molecular complexity index is 703. The van der Waals surface area contributed by atoms with E-state index < -0.39 is 5.97 Å². The average molecular weight is 336 g/mol. The van der Waals surface area contributed by atoms with Gasteiger partial charge in [-0.2, -0.15) is 5.10 Å². The number of amides is 1. The van der Waals surface area contributed by atoms with Gasteiger partial charge < -0.3 is 10.4 Å². The van der Waals surface area contributed by atoms with Gasteiger partial charge in [-0.15, -0.1) is 11.3 Å². The highest BCUT2D eigenvalue weighted by molar-refractivity contribution is 7.09. The summed E-state index contributed by atoms with van der Waals surface area (Å²) in [5.74, 6) is -1.36. The molecule has 0 unspecified atom stereocenters. The molecule has 0 atom stereocenters. The lowest BCUT2D eigenvalue weighted by Gasteiger charge is -2.14. The number of carbonyl (C=O) groups is 2. The summed E-state index contributed by atoms with van der Waals surface area (Å²) in [6.45, 7) is 6.31. The predicted molar refractivity (Wildman–Crippen MR) is 86.8 cm³/mol. The van der Waals surface area contributed by atoms with Crippen LogP contribution >= 0.6 is 11.3 Å². The van der Waals surface area contributed by atoms with E-state index in [1.54, 1.807) is 6.07 Å². The highest BCUT2D eigenvalue weighted by atomic mass is 32.1. The lowest BCUT2D eigenvalue weighted by molar-refractivity contribution is 0.0691. The summed E-state index contributed by atoms with van der Waals surface area (Å²) in [7, 11) is 0. The number of thiazole rings is 1. The van der Waals surface area contributed by atoms with Crippen LogP contribution in [0.15, 0.2) is 11.4 Å². The maximum absolute atomic E-state index is 12.2. The first kappa shape index (κ1) is 17.1. The normalized spacial score (nSPS) is 11.0. The van der Waals surface area contributed by atoms with Crippen LogP contribution in [0.5, 0.6) is 0 Å². The van der Waals surface area contributed by atoms with Crippen molar-refractivity contribution < 1.29 is 14.7 Å². The van der Waals surface area contributed by atoms with Crippen molar-refractivity contribution in [3.8, 4) is 0 Å². The van der Waals surface area contributed by atoms with Gasteiger partial charge in [-0.3, -0.25) is 9.48 Å². The first-order chi connectivity index (χ1) is 11.0. The Morgan fingerprint density at radius 1 is 1.35 bits per heavy atom. The van der Waals surface area contributed by atoms with E-state index in [0.29, 0.717) is 10.7 Å². The zero-order valence-corrected chi connectivity index (χ0v) is 14.2. The summed E-state index contributed by atoms with van der Waals surface area (Å²) in [6, 6.07) is 2.05. The zero-order chi connectivity index (χ0) is 17.0. The smallest absolute Gasteiger partial charge is 0.355 e. The Hall–Kier alpha value is -2.22. The van der Waals surface area contributed by atoms with Crippen LogP contribution in [0.4, 0.5) is 0 Å². The molecule has 1 amide bonds. The van der Waals surface area contributed by atoms with Crippen molar-refractivity contribution in [3.63, 3.8) is 0 Å². The van der Waals surface area contributed by atoms with Gasteiger partial charge in [-0.25, -0.2) is 9.78 Å². The SMILES string of the molecule is CCC(CC)n1nc(C(=O)NCc2nc(C(=O)O)cs2)cc1C. The predicted octanol–water partition coefficient (Wildman–Crippen LogP) is 2.64. The fourth-order valence-corrected chi connectivity index (χ4v) is 3.05. The van der Waals surface area contributed by atoms with E-state index in [1.165, 1.54) is 16.7 Å². The minimum atomic E-state index is -1.07. The summed E-state index contributed by atoms with van der Waals surface area (Å²) in [4.78, 5) is 26.9. The first-order valence-corrected chi connectivity index (χ1v) is 8.36. The molecule has 7 nitrogen and oxygen atoms in total. The molecule has 2 N–H and O–H groups in total. The highest BCUT2D eigenvalue weighted by Crippen LogP contribution is 2.18. The standard InChI is InChI=1S/C15H20N4O3S/c1-4-10(5-2)19-9(3)6-11(18-19)14(20)16-7-13-17-12(8-23-13)15(21)22/h6,8,10H,4-5,7H2,1-3H3,(H,16,20)(H,21,22). The minimum absolute atomic E-state index is 0.00638. The molecule has 0 aliphatic rings. The number of aromatic nitrogens is 3. The summed E-state index contributed by atoms with van der Waals surface area (Å²) in [6.07, 6.45) is 1.91. The van der Waals surface area contributed by atoms with Crippen LogP contribution in [0.2, 0.25) is 0 Å². The van der Waals surface area contributed by atoms with Gasteiger partial charge in [0.15, 0.2) is 5.69 Å². The van der Waals surface area contributed by atoms with Crippen molar-refractivity contribution in [2.75, 3.05) is 0 Å². The summed E-state index contributed by atoms with van der Waals surface area (Å²) >= 11 is 1.20. The molecule has 0 aliphatic heterocycles. The molecule has 124 valence electrons. The van der Waals surface area contributed by atoms with Crippen LogP contribution in [0.25, 0.3) is 0 Å². The quantitative estimate of drug-likeness (QED) is 0.810. The molecule has 0 bridgehead atoms. The molecular formula is C15H20N4O3S. The summed E-state index contributed by atoms with van der Waals surface area (Å²) in [5, 5.41) is 17.9. The van der Waals surface area contributed by atoms with Gasteiger partial charge in [-0.1, -0.05) is 13.8 Å². The van der Waals surface area contributed by atoms with Gasteiger partial charge in [0.25, 0.3) is 5.91 Å². The molecule has 23 heavy (non-hydrogen) atoms. The maximum atomic E-state index is 12.2. The second-order valence-corrected chi connectivity index (χ2v) is 6.14. The van der Waals surface area contributed by atoms with Gasteiger partial charge in [0.2, 0.25) is 0 Å². The third-order valence-electron chi connectivity index (χ3n) is 3.61. The van der Waals surface area contributed by atoms with E-state index in [9.17, 15) is 9.59 Å². The third kappa shape index (κ3) is 3.95. The fourth-order valence-electron chi connectivity index (χ4n) is 2.34. The van der Waals surface area contributed by atoms with Gasteiger partial charge in [0.1, 0.15) is 10.7 Å². The first-order valence-electron chi connectivity index (χ1n) is 7.48. The lowest BCUT2D eigenvalue weighted by atomic mass is 10.2. The molecule has 0 radical (unpaired) electrons. The number of nitrogens with zero attached hydrogens (tertiary/aromatic N) is 3. The van der Waals surface area contributed by atoms with Crippen LogP contribution < -0.4 is 5.32 Å². The Labute approximate surface area is 138 Å². The molecule has 2 aromatic rings. The molecule has 2 rings (SSSR count). The van der Waals surface area contributed by atoms with E-state index in [0.717, 1.165) is 18.5 Å². The molecule has 0 aliphatic carbocycles. The molecule has 0 fully saturated rings. The molecule has 0 saturated heterocycles. The number of nitrogens with one attached hydrogen (secondary N) is 1. The van der Waals surface area contributed by atoms with Gasteiger partial charge >= 0.3 is 5.97 Å². The van der Waals surface area contributed by atoms with Crippen molar-refractivity contribution in [1.29, 1.82) is 0 Å². The number of aryl methyl sites for hydroxylation is 1. The summed E-state index contributed by atoms with van der Waals surface area (Å²) in [5.41, 5.74) is 1.31. The Kier molecular flexibility index (Phi) is 5.49. The largest absolute Gasteiger partial charge is 0.476 e. The molecule has 0 aromatic carbocycles. The zero-order valence-electron chi connectivity index (χ0n) is 13.4. The molecule has 8 heteroatoms. The topological polar surface area (TPSA) is 97.1 Å². The van der Waals surface area contributed by atoms with Gasteiger partial charge in [0.05, 0.1) is 12.6 Å².